The molecule has 0 spiro atoms. The number of anilines is 2. The van der Waals surface area contributed by atoms with Crippen LogP contribution in [0.15, 0.2) is 47.4 Å². The number of hydrogen-bond donors (Lipinski definition) is 1. The van der Waals surface area contributed by atoms with Crippen LogP contribution in [0.25, 0.3) is 11.3 Å². The Morgan fingerprint density at radius 1 is 1.08 bits per heavy atom. The Hall–Kier alpha value is -3.28. The summed E-state index contributed by atoms with van der Waals surface area (Å²) in [5.41, 5.74) is 2.52. The fraction of sp³-hybridized carbons (Fsp3) is 0.320. The highest BCUT2D eigenvalue weighted by atomic mass is 32.2. The van der Waals surface area contributed by atoms with Gasteiger partial charge in [0.1, 0.15) is 5.75 Å². The summed E-state index contributed by atoms with van der Waals surface area (Å²) in [7, 11) is -1.85. The first-order valence-electron chi connectivity index (χ1n) is 11.7. The van der Waals surface area contributed by atoms with Crippen molar-refractivity contribution in [2.24, 2.45) is 0 Å². The zero-order valence-electron chi connectivity index (χ0n) is 20.0. The smallest absolute Gasteiger partial charge is 0.264 e. The second kappa shape index (κ2) is 9.64. The Labute approximate surface area is 213 Å². The normalized spacial score (nSPS) is 16.4. The molecule has 2 aliphatic rings. The summed E-state index contributed by atoms with van der Waals surface area (Å²) in [4.78, 5) is 32.1. The lowest BCUT2D eigenvalue weighted by Gasteiger charge is -2.26. The van der Waals surface area contributed by atoms with Gasteiger partial charge in [-0.25, -0.2) is 13.4 Å². The number of nitrogens with one attached hydrogen (secondary N) is 1. The summed E-state index contributed by atoms with van der Waals surface area (Å²) in [5, 5.41) is 3.24. The van der Waals surface area contributed by atoms with E-state index in [4.69, 9.17) is 4.74 Å². The van der Waals surface area contributed by atoms with Crippen LogP contribution in [0.5, 0.6) is 5.75 Å². The van der Waals surface area contributed by atoms with E-state index in [0.29, 0.717) is 40.9 Å². The van der Waals surface area contributed by atoms with E-state index in [0.717, 1.165) is 29.7 Å². The number of thiazole rings is 1. The van der Waals surface area contributed by atoms with Gasteiger partial charge in [-0.3, -0.25) is 14.9 Å². The topological polar surface area (TPSA) is 109 Å². The van der Waals surface area contributed by atoms with Crippen LogP contribution in [0.3, 0.4) is 0 Å². The second-order valence-corrected chi connectivity index (χ2v) is 11.9. The molecule has 2 aromatic carbocycles. The Bertz CT molecular complexity index is 1430. The van der Waals surface area contributed by atoms with Crippen LogP contribution in [0.4, 0.5) is 10.8 Å². The number of aryl methyl sites for hydroxylation is 1. The maximum Gasteiger partial charge on any atom is 0.264 e. The van der Waals surface area contributed by atoms with Gasteiger partial charge in [0.15, 0.2) is 11.7 Å². The minimum Gasteiger partial charge on any atom is -0.482 e. The van der Waals surface area contributed by atoms with E-state index < -0.39 is 10.0 Å². The molecular formula is C25H26N4O5S2. The van der Waals surface area contributed by atoms with Gasteiger partial charge in [-0.1, -0.05) is 6.42 Å². The maximum atomic E-state index is 12.8. The lowest BCUT2D eigenvalue weighted by Crippen LogP contribution is -2.35. The van der Waals surface area contributed by atoms with Crippen molar-refractivity contribution in [3.05, 3.63) is 52.9 Å². The van der Waals surface area contributed by atoms with Gasteiger partial charge in [-0.05, 0) is 62.2 Å². The molecule has 1 fully saturated rings. The number of aromatic nitrogens is 1. The molecule has 3 aromatic rings. The highest BCUT2D eigenvalue weighted by Gasteiger charge is 2.26. The summed E-state index contributed by atoms with van der Waals surface area (Å²) in [6, 6.07) is 11.5. The average Bonchev–Trinajstić information content (AvgIpc) is 3.26. The van der Waals surface area contributed by atoms with Crippen molar-refractivity contribution >= 4 is 44.0 Å². The van der Waals surface area contributed by atoms with Gasteiger partial charge in [0.25, 0.3) is 11.8 Å². The Balaban J connectivity index is 1.32. The largest absolute Gasteiger partial charge is 0.482 e. The van der Waals surface area contributed by atoms with Crippen LogP contribution in [0, 0.1) is 6.92 Å². The summed E-state index contributed by atoms with van der Waals surface area (Å²) in [6.07, 6.45) is 2.77. The average molecular weight is 527 g/mol. The first kappa shape index (κ1) is 24.4. The van der Waals surface area contributed by atoms with Crippen molar-refractivity contribution < 1.29 is 22.7 Å². The number of rotatable bonds is 5. The third kappa shape index (κ3) is 4.61. The lowest BCUT2D eigenvalue weighted by molar-refractivity contribution is -0.120. The molecule has 0 bridgehead atoms. The maximum absolute atomic E-state index is 12.8. The van der Waals surface area contributed by atoms with E-state index in [1.54, 1.807) is 11.9 Å². The molecule has 2 aliphatic heterocycles. The molecule has 1 aromatic heterocycles. The number of sulfonamides is 1. The Morgan fingerprint density at radius 2 is 1.81 bits per heavy atom. The van der Waals surface area contributed by atoms with Crippen LogP contribution in [-0.4, -0.2) is 56.3 Å². The first-order chi connectivity index (χ1) is 17.2. The molecule has 1 N–H and O–H groups in total. The Kier molecular flexibility index (Phi) is 6.54. The third-order valence-corrected chi connectivity index (χ3v) is 9.20. The van der Waals surface area contributed by atoms with Gasteiger partial charge >= 0.3 is 0 Å². The third-order valence-electron chi connectivity index (χ3n) is 6.41. The number of fused-ring (bicyclic) bond motifs is 1. The van der Waals surface area contributed by atoms with Gasteiger partial charge in [0.05, 0.1) is 16.3 Å². The van der Waals surface area contributed by atoms with E-state index in [2.05, 4.69) is 10.3 Å². The van der Waals surface area contributed by atoms with Gasteiger partial charge in [0.2, 0.25) is 10.0 Å². The van der Waals surface area contributed by atoms with Crippen LogP contribution < -0.4 is 15.0 Å². The molecular weight excluding hydrogens is 500 g/mol. The number of carbonyl (C=O) groups excluding carboxylic acids is 2. The number of ether oxygens (including phenoxy) is 1. The number of piperidine rings is 1. The summed E-state index contributed by atoms with van der Waals surface area (Å²) >= 11 is 1.34. The van der Waals surface area contributed by atoms with Crippen molar-refractivity contribution in [1.82, 2.24) is 9.29 Å². The molecule has 3 heterocycles. The number of carbonyl (C=O) groups is 2. The standard InChI is InChI=1S/C25H26N4O5S2/c1-16-23(18-8-11-21-20(14-18)28(2)22(30)15-34-21)26-25(35-16)27-24(31)17-6-9-19(10-7-17)36(32,33)29-12-4-3-5-13-29/h6-11,14H,3-5,12-13,15H2,1-2H3,(H,26,27,31). The fourth-order valence-corrected chi connectivity index (χ4v) is 6.69. The number of hydrogen-bond acceptors (Lipinski definition) is 7. The number of likely N-dealkylation sites (N-methyl/N-ethyl adjacent to an activating group) is 1. The van der Waals surface area contributed by atoms with Crippen molar-refractivity contribution in [2.45, 2.75) is 31.1 Å². The zero-order chi connectivity index (χ0) is 25.4. The van der Waals surface area contributed by atoms with E-state index in [1.807, 2.05) is 25.1 Å². The molecule has 0 unspecified atom stereocenters. The van der Waals surface area contributed by atoms with Gasteiger partial charge in [0, 0.05) is 36.1 Å². The van der Waals surface area contributed by atoms with Crippen LogP contribution in [-0.2, 0) is 14.8 Å². The van der Waals surface area contributed by atoms with Crippen molar-refractivity contribution in [1.29, 1.82) is 0 Å². The van der Waals surface area contributed by atoms with Gasteiger partial charge < -0.3 is 9.64 Å². The molecule has 0 radical (unpaired) electrons. The van der Waals surface area contributed by atoms with E-state index in [-0.39, 0.29) is 23.3 Å². The predicted molar refractivity (Wildman–Crippen MR) is 138 cm³/mol. The number of nitrogens with zero attached hydrogens (tertiary/aromatic N) is 3. The molecule has 1 saturated heterocycles. The number of amides is 2. The predicted octanol–water partition coefficient (Wildman–Crippen LogP) is 3.90. The molecule has 0 atom stereocenters. The van der Waals surface area contributed by atoms with Crippen molar-refractivity contribution in [2.75, 3.05) is 37.0 Å². The Morgan fingerprint density at radius 3 is 2.53 bits per heavy atom. The first-order valence-corrected chi connectivity index (χ1v) is 13.9. The second-order valence-electron chi connectivity index (χ2n) is 8.79. The van der Waals surface area contributed by atoms with Crippen molar-refractivity contribution in [3.63, 3.8) is 0 Å². The minimum atomic E-state index is -3.55. The number of benzene rings is 2. The molecule has 2 amide bonds. The molecule has 0 saturated carbocycles. The van der Waals surface area contributed by atoms with Gasteiger partial charge in [-0.2, -0.15) is 4.31 Å². The van der Waals surface area contributed by atoms with Gasteiger partial charge in [-0.15, -0.1) is 11.3 Å². The molecule has 188 valence electrons. The lowest BCUT2D eigenvalue weighted by atomic mass is 10.1. The molecule has 5 rings (SSSR count). The highest BCUT2D eigenvalue weighted by Crippen LogP contribution is 2.38. The fourth-order valence-electron chi connectivity index (χ4n) is 4.34. The quantitative estimate of drug-likeness (QED) is 0.540. The molecule has 0 aliphatic carbocycles. The minimum absolute atomic E-state index is 0.0138. The van der Waals surface area contributed by atoms with Crippen molar-refractivity contribution in [3.8, 4) is 17.0 Å². The molecule has 9 nitrogen and oxygen atoms in total. The zero-order valence-corrected chi connectivity index (χ0v) is 21.6. The SMILES string of the molecule is Cc1sc(NC(=O)c2ccc(S(=O)(=O)N3CCCCC3)cc2)nc1-c1ccc2c(c1)N(C)C(=O)CO2. The summed E-state index contributed by atoms with van der Waals surface area (Å²) in [6.45, 7) is 2.98. The molecule has 11 heteroatoms. The van der Waals surface area contributed by atoms with E-state index >= 15 is 0 Å². The van der Waals surface area contributed by atoms with E-state index in [9.17, 15) is 18.0 Å². The summed E-state index contributed by atoms with van der Waals surface area (Å²) < 4.78 is 32.7. The summed E-state index contributed by atoms with van der Waals surface area (Å²) in [5.74, 6) is 0.131. The van der Waals surface area contributed by atoms with Crippen LogP contribution in [0.2, 0.25) is 0 Å². The molecule has 36 heavy (non-hydrogen) atoms. The van der Waals surface area contributed by atoms with E-state index in [1.165, 1.54) is 39.9 Å². The monoisotopic (exact) mass is 526 g/mol. The highest BCUT2D eigenvalue weighted by molar-refractivity contribution is 7.89. The van der Waals surface area contributed by atoms with Crippen LogP contribution >= 0.6 is 11.3 Å². The van der Waals surface area contributed by atoms with Crippen LogP contribution in [0.1, 0.15) is 34.5 Å².